The Morgan fingerprint density at radius 2 is 2.11 bits per heavy atom. The molecule has 0 aliphatic carbocycles. The zero-order valence-electron chi connectivity index (χ0n) is 11.0. The van der Waals surface area contributed by atoms with Crippen LogP contribution in [0, 0.1) is 17.0 Å². The van der Waals surface area contributed by atoms with Crippen molar-refractivity contribution >= 4 is 5.69 Å². The van der Waals surface area contributed by atoms with Gasteiger partial charge >= 0.3 is 0 Å². The summed E-state index contributed by atoms with van der Waals surface area (Å²) in [6.45, 7) is 5.44. The molecule has 0 aliphatic rings. The summed E-state index contributed by atoms with van der Waals surface area (Å²) in [5.74, 6) is 1.59. The van der Waals surface area contributed by atoms with Crippen LogP contribution >= 0.6 is 0 Å². The van der Waals surface area contributed by atoms with Crippen LogP contribution < -0.4 is 5.32 Å². The maximum atomic E-state index is 10.7. The lowest BCUT2D eigenvalue weighted by Gasteiger charge is -2.02. The lowest BCUT2D eigenvalue weighted by molar-refractivity contribution is -0.384. The van der Waals surface area contributed by atoms with E-state index in [1.807, 2.05) is 26.0 Å². The molecule has 5 heteroatoms. The van der Waals surface area contributed by atoms with Gasteiger partial charge < -0.3 is 9.73 Å². The van der Waals surface area contributed by atoms with E-state index in [0.29, 0.717) is 6.54 Å². The van der Waals surface area contributed by atoms with Gasteiger partial charge in [-0.05, 0) is 37.2 Å². The zero-order chi connectivity index (χ0) is 13.8. The first-order valence-electron chi connectivity index (χ1n) is 6.16. The molecule has 1 N–H and O–H groups in total. The van der Waals surface area contributed by atoms with E-state index in [4.69, 9.17) is 4.42 Å². The summed E-state index contributed by atoms with van der Waals surface area (Å²) in [5.41, 5.74) is 1.81. The Morgan fingerprint density at radius 1 is 1.32 bits per heavy atom. The number of aryl methyl sites for hydroxylation is 1. The first kappa shape index (κ1) is 13.3. The number of nitro groups is 1. The summed E-state index contributed by atoms with van der Waals surface area (Å²) in [5, 5.41) is 13.9. The van der Waals surface area contributed by atoms with Crippen molar-refractivity contribution in [3.63, 3.8) is 0 Å². The lowest BCUT2D eigenvalue weighted by Crippen LogP contribution is -2.10. The van der Waals surface area contributed by atoms with Gasteiger partial charge in [0.1, 0.15) is 11.5 Å². The molecule has 1 aromatic heterocycles. The van der Waals surface area contributed by atoms with Gasteiger partial charge in [0.05, 0.1) is 11.5 Å². The standard InChI is InChI=1S/C14H16N2O3/c1-3-15-9-12-5-7-14(19-12)13-6-4-11(16(17)18)8-10(13)2/h4-8,15H,3,9H2,1-2H3. The van der Waals surface area contributed by atoms with Gasteiger partial charge in [-0.1, -0.05) is 6.92 Å². The highest BCUT2D eigenvalue weighted by Crippen LogP contribution is 2.28. The molecule has 1 aromatic carbocycles. The summed E-state index contributed by atoms with van der Waals surface area (Å²) in [6, 6.07) is 8.58. The van der Waals surface area contributed by atoms with Crippen molar-refractivity contribution in [2.45, 2.75) is 20.4 Å². The number of nitro benzene ring substituents is 1. The van der Waals surface area contributed by atoms with E-state index in [0.717, 1.165) is 29.2 Å². The zero-order valence-corrected chi connectivity index (χ0v) is 11.0. The molecule has 0 spiro atoms. The third-order valence-electron chi connectivity index (χ3n) is 2.90. The molecule has 0 radical (unpaired) electrons. The number of benzene rings is 1. The van der Waals surface area contributed by atoms with E-state index in [2.05, 4.69) is 5.32 Å². The number of non-ortho nitro benzene ring substituents is 1. The topological polar surface area (TPSA) is 68.3 Å². The fraction of sp³-hybridized carbons (Fsp3) is 0.286. The Bertz CT molecular complexity index is 590. The van der Waals surface area contributed by atoms with E-state index in [-0.39, 0.29) is 5.69 Å². The Morgan fingerprint density at radius 3 is 2.74 bits per heavy atom. The average molecular weight is 260 g/mol. The van der Waals surface area contributed by atoms with Crippen molar-refractivity contribution in [1.82, 2.24) is 5.32 Å². The number of nitrogens with zero attached hydrogens (tertiary/aromatic N) is 1. The quantitative estimate of drug-likeness (QED) is 0.661. The molecule has 0 aliphatic heterocycles. The third-order valence-corrected chi connectivity index (χ3v) is 2.90. The molecule has 1 heterocycles. The largest absolute Gasteiger partial charge is 0.460 e. The van der Waals surface area contributed by atoms with Crippen molar-refractivity contribution < 1.29 is 9.34 Å². The van der Waals surface area contributed by atoms with Gasteiger partial charge in [0.25, 0.3) is 5.69 Å². The summed E-state index contributed by atoms with van der Waals surface area (Å²) < 4.78 is 5.72. The van der Waals surface area contributed by atoms with Crippen LogP contribution in [0.25, 0.3) is 11.3 Å². The van der Waals surface area contributed by atoms with Gasteiger partial charge in [-0.2, -0.15) is 0 Å². The Hall–Kier alpha value is -2.14. The second-order valence-corrected chi connectivity index (χ2v) is 4.30. The fourth-order valence-corrected chi connectivity index (χ4v) is 1.90. The van der Waals surface area contributed by atoms with E-state index in [1.165, 1.54) is 6.07 Å². The first-order chi connectivity index (χ1) is 9.11. The Balaban J connectivity index is 2.26. The maximum Gasteiger partial charge on any atom is 0.269 e. The molecule has 5 nitrogen and oxygen atoms in total. The Labute approximate surface area is 111 Å². The maximum absolute atomic E-state index is 10.7. The SMILES string of the molecule is CCNCc1ccc(-c2ccc([N+](=O)[O-])cc2C)o1. The minimum absolute atomic E-state index is 0.0979. The van der Waals surface area contributed by atoms with E-state index >= 15 is 0 Å². The molecule has 100 valence electrons. The van der Waals surface area contributed by atoms with Crippen LogP contribution in [0.2, 0.25) is 0 Å². The molecule has 0 amide bonds. The molecule has 2 aromatic rings. The molecular weight excluding hydrogens is 244 g/mol. The van der Waals surface area contributed by atoms with Gasteiger partial charge in [0, 0.05) is 17.7 Å². The van der Waals surface area contributed by atoms with Crippen LogP contribution in [0.15, 0.2) is 34.7 Å². The molecule has 0 unspecified atom stereocenters. The van der Waals surface area contributed by atoms with Crippen LogP contribution in [0.5, 0.6) is 0 Å². The molecule has 0 saturated heterocycles. The van der Waals surface area contributed by atoms with Crippen LogP contribution in [-0.2, 0) is 6.54 Å². The van der Waals surface area contributed by atoms with E-state index < -0.39 is 4.92 Å². The van der Waals surface area contributed by atoms with Crippen molar-refractivity contribution in [2.24, 2.45) is 0 Å². The van der Waals surface area contributed by atoms with Crippen molar-refractivity contribution in [1.29, 1.82) is 0 Å². The monoisotopic (exact) mass is 260 g/mol. The van der Waals surface area contributed by atoms with Crippen molar-refractivity contribution in [2.75, 3.05) is 6.54 Å². The van der Waals surface area contributed by atoms with E-state index in [9.17, 15) is 10.1 Å². The van der Waals surface area contributed by atoms with Gasteiger partial charge in [-0.15, -0.1) is 0 Å². The number of hydrogen-bond acceptors (Lipinski definition) is 4. The molecule has 0 bridgehead atoms. The average Bonchev–Trinajstić information content (AvgIpc) is 2.84. The van der Waals surface area contributed by atoms with Crippen LogP contribution in [-0.4, -0.2) is 11.5 Å². The Kier molecular flexibility index (Phi) is 3.97. The summed E-state index contributed by atoms with van der Waals surface area (Å²) in [6.07, 6.45) is 0. The number of furan rings is 1. The highest BCUT2D eigenvalue weighted by Gasteiger charge is 2.12. The molecule has 19 heavy (non-hydrogen) atoms. The van der Waals surface area contributed by atoms with Crippen LogP contribution in [0.4, 0.5) is 5.69 Å². The van der Waals surface area contributed by atoms with Gasteiger partial charge in [-0.3, -0.25) is 10.1 Å². The van der Waals surface area contributed by atoms with Gasteiger partial charge in [0.15, 0.2) is 0 Å². The number of nitrogens with one attached hydrogen (secondary N) is 1. The summed E-state index contributed by atoms with van der Waals surface area (Å²) in [4.78, 5) is 10.3. The molecule has 0 saturated carbocycles. The predicted octanol–water partition coefficient (Wildman–Crippen LogP) is 3.27. The molecule has 2 rings (SSSR count). The normalized spacial score (nSPS) is 10.6. The minimum Gasteiger partial charge on any atom is -0.460 e. The second-order valence-electron chi connectivity index (χ2n) is 4.30. The lowest BCUT2D eigenvalue weighted by atomic mass is 10.1. The minimum atomic E-state index is -0.393. The highest BCUT2D eigenvalue weighted by atomic mass is 16.6. The number of hydrogen-bond donors (Lipinski definition) is 1. The van der Waals surface area contributed by atoms with Crippen LogP contribution in [0.1, 0.15) is 18.2 Å². The number of rotatable bonds is 5. The third kappa shape index (κ3) is 3.00. The molecule has 0 atom stereocenters. The van der Waals surface area contributed by atoms with Gasteiger partial charge in [0.2, 0.25) is 0 Å². The predicted molar refractivity (Wildman–Crippen MR) is 72.9 cm³/mol. The van der Waals surface area contributed by atoms with E-state index in [1.54, 1.807) is 12.1 Å². The van der Waals surface area contributed by atoms with Gasteiger partial charge in [-0.25, -0.2) is 0 Å². The first-order valence-corrected chi connectivity index (χ1v) is 6.16. The summed E-state index contributed by atoms with van der Waals surface area (Å²) >= 11 is 0. The summed E-state index contributed by atoms with van der Waals surface area (Å²) in [7, 11) is 0. The molecular formula is C14H16N2O3. The smallest absolute Gasteiger partial charge is 0.269 e. The molecule has 0 fully saturated rings. The fourth-order valence-electron chi connectivity index (χ4n) is 1.90. The van der Waals surface area contributed by atoms with Crippen LogP contribution in [0.3, 0.4) is 0 Å². The van der Waals surface area contributed by atoms with Crippen molar-refractivity contribution in [3.05, 3.63) is 51.8 Å². The van der Waals surface area contributed by atoms with Crippen molar-refractivity contribution in [3.8, 4) is 11.3 Å². The second kappa shape index (κ2) is 5.67. The highest BCUT2D eigenvalue weighted by molar-refractivity contribution is 5.64.